The van der Waals surface area contributed by atoms with E-state index < -0.39 is 23.3 Å². The molecule has 0 saturated heterocycles. The summed E-state index contributed by atoms with van der Waals surface area (Å²) in [7, 11) is 0. The lowest BCUT2D eigenvalue weighted by Gasteiger charge is -2.34. The molecule has 0 amide bonds. The number of nitriles is 1. The van der Waals surface area contributed by atoms with Crippen LogP contribution < -0.4 is 5.56 Å². The first-order chi connectivity index (χ1) is 17.7. The fourth-order valence-electron chi connectivity index (χ4n) is 4.98. The van der Waals surface area contributed by atoms with Crippen molar-refractivity contribution in [2.75, 3.05) is 0 Å². The second kappa shape index (κ2) is 8.50. The van der Waals surface area contributed by atoms with Gasteiger partial charge >= 0.3 is 6.18 Å². The van der Waals surface area contributed by atoms with Gasteiger partial charge in [-0.25, -0.2) is 19.6 Å². The average molecular weight is 506 g/mol. The monoisotopic (exact) mass is 505 g/mol. The zero-order chi connectivity index (χ0) is 25.9. The summed E-state index contributed by atoms with van der Waals surface area (Å²) in [4.78, 5) is 29.8. The van der Waals surface area contributed by atoms with Crippen LogP contribution in [0.25, 0.3) is 11.0 Å². The number of alkyl halides is 3. The molecular formula is C26H22F3N7O. The molecule has 37 heavy (non-hydrogen) atoms. The summed E-state index contributed by atoms with van der Waals surface area (Å²) >= 11 is 0. The van der Waals surface area contributed by atoms with Crippen molar-refractivity contribution in [2.45, 2.75) is 62.6 Å². The van der Waals surface area contributed by atoms with Gasteiger partial charge in [-0.3, -0.25) is 4.79 Å². The van der Waals surface area contributed by atoms with Crippen LogP contribution in [0.5, 0.6) is 0 Å². The molecular weight excluding hydrogens is 483 g/mol. The summed E-state index contributed by atoms with van der Waals surface area (Å²) in [6.45, 7) is 1.74. The van der Waals surface area contributed by atoms with E-state index in [1.54, 1.807) is 6.92 Å². The minimum absolute atomic E-state index is 0.00741. The molecule has 3 aromatic heterocycles. The molecule has 1 aromatic carbocycles. The first kappa shape index (κ1) is 23.3. The molecule has 2 unspecified atom stereocenters. The van der Waals surface area contributed by atoms with Gasteiger partial charge in [-0.2, -0.15) is 23.5 Å². The van der Waals surface area contributed by atoms with E-state index in [0.717, 1.165) is 30.5 Å². The Morgan fingerprint density at radius 2 is 1.76 bits per heavy atom. The van der Waals surface area contributed by atoms with Gasteiger partial charge in [-0.1, -0.05) is 12.1 Å². The van der Waals surface area contributed by atoms with E-state index in [4.69, 9.17) is 4.98 Å². The Bertz CT molecular complexity index is 1580. The van der Waals surface area contributed by atoms with E-state index in [-0.39, 0.29) is 28.6 Å². The number of nitrogens with zero attached hydrogens (tertiary/aromatic N) is 6. The van der Waals surface area contributed by atoms with Crippen molar-refractivity contribution < 1.29 is 13.2 Å². The average Bonchev–Trinajstić information content (AvgIpc) is 3.63. The second-order valence-electron chi connectivity index (χ2n) is 9.79. The first-order valence-corrected chi connectivity index (χ1v) is 12.2. The summed E-state index contributed by atoms with van der Waals surface area (Å²) in [5, 5.41) is 14.0. The van der Waals surface area contributed by atoms with E-state index in [1.807, 2.05) is 18.5 Å². The summed E-state index contributed by atoms with van der Waals surface area (Å²) in [5.41, 5.74) is 0.593. The normalized spacial score (nSPS) is 20.4. The van der Waals surface area contributed by atoms with Gasteiger partial charge in [0.1, 0.15) is 23.1 Å². The lowest BCUT2D eigenvalue weighted by Crippen LogP contribution is -2.28. The minimum atomic E-state index is -4.45. The topological polar surface area (TPSA) is 113 Å². The van der Waals surface area contributed by atoms with Gasteiger partial charge in [-0.15, -0.1) is 0 Å². The first-order valence-electron chi connectivity index (χ1n) is 12.2. The maximum absolute atomic E-state index is 13.1. The van der Waals surface area contributed by atoms with Crippen LogP contribution in [0, 0.1) is 11.3 Å². The third kappa shape index (κ3) is 4.06. The highest BCUT2D eigenvalue weighted by atomic mass is 19.4. The fourth-order valence-corrected chi connectivity index (χ4v) is 4.98. The van der Waals surface area contributed by atoms with E-state index in [2.05, 4.69) is 20.1 Å². The second-order valence-corrected chi connectivity index (χ2v) is 9.79. The Kier molecular flexibility index (Phi) is 5.36. The van der Waals surface area contributed by atoms with Crippen molar-refractivity contribution in [1.29, 1.82) is 5.26 Å². The quantitative estimate of drug-likeness (QED) is 0.411. The number of nitrogens with one attached hydrogen (secondary N) is 1. The maximum Gasteiger partial charge on any atom is 0.416 e. The molecule has 0 radical (unpaired) electrons. The molecule has 1 N–H and O–H groups in total. The highest BCUT2D eigenvalue weighted by Gasteiger charge is 2.38. The standard InChI is InChI=1S/C26H22F3N7O/c1-13(14-4-6-17(7-5-14)26(27,28)29)36-24-21(20(10-30)35-36)25(37)34-23(33-24)19-9-8-18(19)22-31-11-16(12-32-22)15-2-3-15/h4-7,11-13,15,18-19H,2-3,8-9H2,1H3,(H,33,34,37)/t13-,18?,19?/m0/s1. The lowest BCUT2D eigenvalue weighted by atomic mass is 9.72. The minimum Gasteiger partial charge on any atom is -0.310 e. The molecule has 0 bridgehead atoms. The number of benzene rings is 1. The van der Waals surface area contributed by atoms with E-state index >= 15 is 0 Å². The number of fused-ring (bicyclic) bond motifs is 1. The van der Waals surface area contributed by atoms with Crippen LogP contribution in [0.15, 0.2) is 41.5 Å². The van der Waals surface area contributed by atoms with Crippen LogP contribution >= 0.6 is 0 Å². The molecule has 188 valence electrons. The number of H-pyrrole nitrogens is 1. The Morgan fingerprint density at radius 1 is 1.08 bits per heavy atom. The van der Waals surface area contributed by atoms with Gasteiger partial charge in [0.2, 0.25) is 0 Å². The van der Waals surface area contributed by atoms with E-state index in [9.17, 15) is 23.2 Å². The molecule has 8 nitrogen and oxygen atoms in total. The molecule has 11 heteroatoms. The van der Waals surface area contributed by atoms with Crippen molar-refractivity contribution in [3.63, 3.8) is 0 Å². The molecule has 4 aromatic rings. The van der Waals surface area contributed by atoms with Gasteiger partial charge < -0.3 is 4.98 Å². The zero-order valence-electron chi connectivity index (χ0n) is 19.8. The predicted octanol–water partition coefficient (Wildman–Crippen LogP) is 4.95. The zero-order valence-corrected chi connectivity index (χ0v) is 19.8. The third-order valence-electron chi connectivity index (χ3n) is 7.47. The highest BCUT2D eigenvalue weighted by molar-refractivity contribution is 5.80. The molecule has 3 heterocycles. The SMILES string of the molecule is C[C@@H](c1ccc(C(F)(F)F)cc1)n1nc(C#N)c2c(=O)[nH]c(C3CCC3c3ncc(C4CC4)cn3)nc21. The Hall–Kier alpha value is -4.07. The number of halogens is 3. The molecule has 0 aliphatic heterocycles. The van der Waals surface area contributed by atoms with Crippen LogP contribution in [-0.4, -0.2) is 29.7 Å². The van der Waals surface area contributed by atoms with Gasteiger partial charge in [0.05, 0.1) is 11.6 Å². The smallest absolute Gasteiger partial charge is 0.310 e. The Morgan fingerprint density at radius 3 is 2.32 bits per heavy atom. The fraction of sp³-hybridized carbons (Fsp3) is 0.385. The maximum atomic E-state index is 13.1. The number of rotatable bonds is 5. The van der Waals surface area contributed by atoms with Crippen molar-refractivity contribution in [3.8, 4) is 6.07 Å². The van der Waals surface area contributed by atoms with Crippen LogP contribution in [-0.2, 0) is 6.18 Å². The molecule has 2 saturated carbocycles. The molecule has 2 aliphatic rings. The van der Waals surface area contributed by atoms with Crippen LogP contribution in [0.1, 0.15) is 90.4 Å². The molecule has 2 aliphatic carbocycles. The summed E-state index contributed by atoms with van der Waals surface area (Å²) < 4.78 is 40.5. The lowest BCUT2D eigenvalue weighted by molar-refractivity contribution is -0.137. The summed E-state index contributed by atoms with van der Waals surface area (Å²) in [5.74, 6) is 1.65. The van der Waals surface area contributed by atoms with Crippen molar-refractivity contribution in [1.82, 2.24) is 29.7 Å². The van der Waals surface area contributed by atoms with E-state index in [0.29, 0.717) is 23.1 Å². The van der Waals surface area contributed by atoms with Gasteiger partial charge in [-0.05, 0) is 61.8 Å². The molecule has 3 atom stereocenters. The van der Waals surface area contributed by atoms with Crippen molar-refractivity contribution >= 4 is 11.0 Å². The summed E-state index contributed by atoms with van der Waals surface area (Å²) in [6, 6.07) is 6.11. The molecule has 2 fully saturated rings. The molecule has 6 rings (SSSR count). The van der Waals surface area contributed by atoms with Gasteiger partial charge in [0.15, 0.2) is 11.3 Å². The van der Waals surface area contributed by atoms with Gasteiger partial charge in [0.25, 0.3) is 5.56 Å². The number of aromatic nitrogens is 6. The molecule has 0 spiro atoms. The predicted molar refractivity (Wildman–Crippen MR) is 127 cm³/mol. The third-order valence-corrected chi connectivity index (χ3v) is 7.47. The van der Waals surface area contributed by atoms with Crippen LogP contribution in [0.4, 0.5) is 13.2 Å². The van der Waals surface area contributed by atoms with Crippen molar-refractivity contribution in [2.24, 2.45) is 0 Å². The van der Waals surface area contributed by atoms with E-state index in [1.165, 1.54) is 29.7 Å². The van der Waals surface area contributed by atoms with Crippen LogP contribution in [0.2, 0.25) is 0 Å². The van der Waals surface area contributed by atoms with Crippen molar-refractivity contribution in [3.05, 3.63) is 81.0 Å². The Balaban J connectivity index is 1.36. The largest absolute Gasteiger partial charge is 0.416 e. The number of aromatic amines is 1. The summed E-state index contributed by atoms with van der Waals surface area (Å²) in [6.07, 6.45) is 3.31. The highest BCUT2D eigenvalue weighted by Crippen LogP contribution is 2.47. The number of hydrogen-bond donors (Lipinski definition) is 1. The Labute approximate surface area is 209 Å². The number of hydrogen-bond acceptors (Lipinski definition) is 6. The van der Waals surface area contributed by atoms with Crippen LogP contribution in [0.3, 0.4) is 0 Å². The van der Waals surface area contributed by atoms with Gasteiger partial charge in [0, 0.05) is 24.2 Å².